The summed E-state index contributed by atoms with van der Waals surface area (Å²) in [7, 11) is 1.37. The van der Waals surface area contributed by atoms with E-state index in [2.05, 4.69) is 0 Å². The molecule has 168 valence electrons. The minimum absolute atomic E-state index is 0.103. The molecular weight excluding hydrogens is 436 g/mol. The van der Waals surface area contributed by atoms with Crippen LogP contribution in [0.1, 0.15) is 26.3 Å². The minimum atomic E-state index is -0.736. The van der Waals surface area contributed by atoms with Crippen molar-refractivity contribution >= 4 is 23.3 Å². The number of carbonyl (C=O) groups excluding carboxylic acids is 2. The van der Waals surface area contributed by atoms with Crippen LogP contribution in [-0.4, -0.2) is 28.9 Å². The average Bonchev–Trinajstić information content (AvgIpc) is 2.83. The predicted molar refractivity (Wildman–Crippen MR) is 113 cm³/mol. The summed E-state index contributed by atoms with van der Waals surface area (Å²) >= 11 is 0. The van der Waals surface area contributed by atoms with Crippen molar-refractivity contribution in [3.05, 3.63) is 104 Å². The van der Waals surface area contributed by atoms with E-state index in [9.17, 15) is 29.8 Å². The number of carbonyl (C=O) groups is 2. The molecule has 3 aromatic rings. The molecule has 0 saturated heterocycles. The van der Waals surface area contributed by atoms with E-state index in [1.807, 2.05) is 0 Å². The largest absolute Gasteiger partial charge is 0.493 e. The predicted octanol–water partition coefficient (Wildman–Crippen LogP) is 4.09. The summed E-state index contributed by atoms with van der Waals surface area (Å²) in [5.74, 6) is -1.10. The molecular formula is C22H16N2O9. The molecule has 11 heteroatoms. The lowest BCUT2D eigenvalue weighted by Crippen LogP contribution is -2.10. The van der Waals surface area contributed by atoms with Gasteiger partial charge >= 0.3 is 11.9 Å². The van der Waals surface area contributed by atoms with Crippen LogP contribution in [0.5, 0.6) is 11.5 Å². The molecule has 0 bridgehead atoms. The van der Waals surface area contributed by atoms with Crippen molar-refractivity contribution in [2.24, 2.45) is 0 Å². The zero-order valence-corrected chi connectivity index (χ0v) is 17.1. The van der Waals surface area contributed by atoms with Gasteiger partial charge < -0.3 is 14.2 Å². The maximum absolute atomic E-state index is 12.3. The van der Waals surface area contributed by atoms with Gasteiger partial charge in [-0.25, -0.2) is 9.59 Å². The normalized spacial score (nSPS) is 10.2. The van der Waals surface area contributed by atoms with Gasteiger partial charge in [0.15, 0.2) is 11.5 Å². The number of nitro groups is 2. The molecule has 0 fully saturated rings. The highest BCUT2D eigenvalue weighted by Crippen LogP contribution is 2.29. The Kier molecular flexibility index (Phi) is 6.94. The summed E-state index contributed by atoms with van der Waals surface area (Å²) in [6.45, 7) is -0.122. The van der Waals surface area contributed by atoms with Gasteiger partial charge in [-0.3, -0.25) is 20.2 Å². The number of hydrogen-bond acceptors (Lipinski definition) is 9. The van der Waals surface area contributed by atoms with E-state index >= 15 is 0 Å². The van der Waals surface area contributed by atoms with Crippen LogP contribution in [0.2, 0.25) is 0 Å². The van der Waals surface area contributed by atoms with Crippen molar-refractivity contribution in [2.45, 2.75) is 6.61 Å². The minimum Gasteiger partial charge on any atom is -0.493 e. The molecule has 0 aromatic heterocycles. The van der Waals surface area contributed by atoms with Gasteiger partial charge in [0, 0.05) is 24.3 Å². The summed E-state index contributed by atoms with van der Waals surface area (Å²) in [5, 5.41) is 21.4. The van der Waals surface area contributed by atoms with Crippen LogP contribution in [-0.2, 0) is 11.3 Å². The van der Waals surface area contributed by atoms with E-state index < -0.39 is 21.8 Å². The Morgan fingerprint density at radius 3 is 1.76 bits per heavy atom. The molecule has 0 unspecified atom stereocenters. The van der Waals surface area contributed by atoms with E-state index in [0.29, 0.717) is 5.56 Å². The van der Waals surface area contributed by atoms with Crippen LogP contribution in [0, 0.1) is 20.2 Å². The first-order valence-electron chi connectivity index (χ1n) is 9.33. The van der Waals surface area contributed by atoms with Crippen LogP contribution in [0.15, 0.2) is 66.7 Å². The zero-order chi connectivity index (χ0) is 24.0. The quantitative estimate of drug-likeness (QED) is 0.213. The Balaban J connectivity index is 1.65. The molecule has 0 aliphatic carbocycles. The number of ether oxygens (including phenoxy) is 3. The standard InChI is InChI=1S/C22H16N2O9/c1-31-20-12-14(13-32-21(25)15-3-7-17(8-4-15)23(27)28)2-11-19(20)33-22(26)16-5-9-18(10-6-16)24(29)30/h2-12H,13H2,1H3. The molecule has 0 amide bonds. The third kappa shape index (κ3) is 5.67. The zero-order valence-electron chi connectivity index (χ0n) is 17.1. The topological polar surface area (TPSA) is 148 Å². The van der Waals surface area contributed by atoms with E-state index in [1.165, 1.54) is 67.8 Å². The molecule has 0 atom stereocenters. The summed E-state index contributed by atoms with van der Waals surface area (Å²) < 4.78 is 15.7. The van der Waals surface area contributed by atoms with E-state index in [-0.39, 0.29) is 40.6 Å². The fourth-order valence-electron chi connectivity index (χ4n) is 2.72. The highest BCUT2D eigenvalue weighted by Gasteiger charge is 2.16. The lowest BCUT2D eigenvalue weighted by molar-refractivity contribution is -0.385. The van der Waals surface area contributed by atoms with Crippen LogP contribution >= 0.6 is 0 Å². The average molecular weight is 452 g/mol. The summed E-state index contributed by atoms with van der Waals surface area (Å²) in [6, 6.07) is 14.5. The van der Waals surface area contributed by atoms with Gasteiger partial charge in [0.2, 0.25) is 0 Å². The molecule has 3 rings (SSSR count). The van der Waals surface area contributed by atoms with Crippen molar-refractivity contribution in [1.82, 2.24) is 0 Å². The second kappa shape index (κ2) is 10.0. The van der Waals surface area contributed by atoms with Gasteiger partial charge in [-0.1, -0.05) is 6.07 Å². The van der Waals surface area contributed by atoms with Crippen LogP contribution in [0.3, 0.4) is 0 Å². The molecule has 0 radical (unpaired) electrons. The molecule has 0 aliphatic rings. The number of benzene rings is 3. The van der Waals surface area contributed by atoms with Crippen LogP contribution in [0.25, 0.3) is 0 Å². The highest BCUT2D eigenvalue weighted by atomic mass is 16.6. The summed E-state index contributed by atoms with van der Waals surface area (Å²) in [4.78, 5) is 44.7. The number of esters is 2. The molecule has 33 heavy (non-hydrogen) atoms. The smallest absolute Gasteiger partial charge is 0.343 e. The van der Waals surface area contributed by atoms with Crippen molar-refractivity contribution in [2.75, 3.05) is 7.11 Å². The summed E-state index contributed by atoms with van der Waals surface area (Å²) in [6.07, 6.45) is 0. The van der Waals surface area contributed by atoms with Crippen molar-refractivity contribution in [1.29, 1.82) is 0 Å². The van der Waals surface area contributed by atoms with Crippen molar-refractivity contribution in [3.63, 3.8) is 0 Å². The van der Waals surface area contributed by atoms with E-state index in [4.69, 9.17) is 14.2 Å². The molecule has 0 saturated carbocycles. The highest BCUT2D eigenvalue weighted by molar-refractivity contribution is 5.91. The second-order valence-electron chi connectivity index (χ2n) is 6.56. The maximum Gasteiger partial charge on any atom is 0.343 e. The molecule has 0 spiro atoms. The third-order valence-electron chi connectivity index (χ3n) is 4.43. The molecule has 3 aromatic carbocycles. The van der Waals surface area contributed by atoms with Gasteiger partial charge in [0.1, 0.15) is 6.61 Å². The molecule has 0 aliphatic heterocycles. The lowest BCUT2D eigenvalue weighted by Gasteiger charge is -2.11. The van der Waals surface area contributed by atoms with Gasteiger partial charge in [0.05, 0.1) is 28.1 Å². The first-order chi connectivity index (χ1) is 15.8. The van der Waals surface area contributed by atoms with Crippen molar-refractivity contribution in [3.8, 4) is 11.5 Å². The number of rotatable bonds is 8. The van der Waals surface area contributed by atoms with Gasteiger partial charge in [0.25, 0.3) is 11.4 Å². The van der Waals surface area contributed by atoms with Crippen LogP contribution in [0.4, 0.5) is 11.4 Å². The number of hydrogen-bond donors (Lipinski definition) is 0. The van der Waals surface area contributed by atoms with E-state index in [1.54, 1.807) is 6.07 Å². The Labute approximate surface area is 186 Å². The Hall–Kier alpha value is -4.80. The SMILES string of the molecule is COc1cc(COC(=O)c2ccc([N+](=O)[O-])cc2)ccc1OC(=O)c1ccc([N+](=O)[O-])cc1. The Morgan fingerprint density at radius 2 is 1.27 bits per heavy atom. The lowest BCUT2D eigenvalue weighted by atomic mass is 10.2. The monoisotopic (exact) mass is 452 g/mol. The van der Waals surface area contributed by atoms with Gasteiger partial charge in [-0.15, -0.1) is 0 Å². The van der Waals surface area contributed by atoms with Crippen LogP contribution < -0.4 is 9.47 Å². The summed E-state index contributed by atoms with van der Waals surface area (Å²) in [5.41, 5.74) is 0.508. The Bertz CT molecular complexity index is 1210. The Morgan fingerprint density at radius 1 is 0.758 bits per heavy atom. The molecule has 0 N–H and O–H groups in total. The van der Waals surface area contributed by atoms with E-state index in [0.717, 1.165) is 0 Å². The van der Waals surface area contributed by atoms with Gasteiger partial charge in [-0.05, 0) is 42.0 Å². The fraction of sp³-hybridized carbons (Fsp3) is 0.0909. The molecule has 11 nitrogen and oxygen atoms in total. The second-order valence-corrected chi connectivity index (χ2v) is 6.56. The number of methoxy groups -OCH3 is 1. The molecule has 0 heterocycles. The number of nitrogens with zero attached hydrogens (tertiary/aromatic N) is 2. The van der Waals surface area contributed by atoms with Gasteiger partial charge in [-0.2, -0.15) is 0 Å². The third-order valence-corrected chi connectivity index (χ3v) is 4.43. The maximum atomic E-state index is 12.3. The van der Waals surface area contributed by atoms with Crippen molar-refractivity contribution < 1.29 is 33.6 Å². The first kappa shape index (κ1) is 22.9. The number of nitro benzene ring substituents is 2. The first-order valence-corrected chi connectivity index (χ1v) is 9.33. The number of non-ortho nitro benzene ring substituents is 2. The fourth-order valence-corrected chi connectivity index (χ4v) is 2.72.